The molecule has 2 fully saturated rings. The van der Waals surface area contributed by atoms with Crippen molar-refractivity contribution in [1.29, 1.82) is 0 Å². The Kier molecular flexibility index (Phi) is 5.58. The third kappa shape index (κ3) is 4.72. The lowest BCUT2D eigenvalue weighted by molar-refractivity contribution is -0.117. The Labute approximate surface area is 148 Å². The van der Waals surface area contributed by atoms with E-state index in [-0.39, 0.29) is 23.6 Å². The minimum Gasteiger partial charge on any atom is -0.375 e. The predicted molar refractivity (Wildman–Crippen MR) is 96.4 cm³/mol. The summed E-state index contributed by atoms with van der Waals surface area (Å²) in [4.78, 5) is 24.4. The van der Waals surface area contributed by atoms with Gasteiger partial charge in [-0.05, 0) is 44.7 Å². The van der Waals surface area contributed by atoms with Crippen molar-refractivity contribution in [2.75, 3.05) is 11.9 Å². The standard InChI is InChI=1S/C19H27N3O3/c1-14(17(23)21-15-7-3-2-4-8-15)20-18(24)22-16-9-12-25-19(13-16)10-5-6-11-19/h2-4,7-8,14,16H,5-6,9-13H2,1H3,(H,21,23)(H2,20,22,24)/t14-,16-/m0/s1. The molecule has 1 aromatic rings. The van der Waals surface area contributed by atoms with E-state index < -0.39 is 6.04 Å². The largest absolute Gasteiger partial charge is 0.375 e. The summed E-state index contributed by atoms with van der Waals surface area (Å²) in [6.45, 7) is 2.37. The summed E-state index contributed by atoms with van der Waals surface area (Å²) in [5, 5.41) is 8.52. The van der Waals surface area contributed by atoms with Gasteiger partial charge in [0, 0.05) is 18.3 Å². The van der Waals surface area contributed by atoms with Crippen molar-refractivity contribution in [3.8, 4) is 0 Å². The average Bonchev–Trinajstić information content (AvgIpc) is 3.03. The highest BCUT2D eigenvalue weighted by atomic mass is 16.5. The van der Waals surface area contributed by atoms with Crippen LogP contribution < -0.4 is 16.0 Å². The van der Waals surface area contributed by atoms with Crippen LogP contribution in [0.4, 0.5) is 10.5 Å². The van der Waals surface area contributed by atoms with Crippen LogP contribution in [0.5, 0.6) is 0 Å². The minimum atomic E-state index is -0.611. The van der Waals surface area contributed by atoms with Crippen molar-refractivity contribution < 1.29 is 14.3 Å². The zero-order valence-electron chi connectivity index (χ0n) is 14.7. The number of carbonyl (C=O) groups is 2. The molecule has 1 aliphatic heterocycles. The molecule has 0 aromatic heterocycles. The zero-order valence-corrected chi connectivity index (χ0v) is 14.7. The molecule has 0 unspecified atom stereocenters. The maximum Gasteiger partial charge on any atom is 0.315 e. The van der Waals surface area contributed by atoms with Crippen molar-refractivity contribution in [2.24, 2.45) is 0 Å². The third-order valence-electron chi connectivity index (χ3n) is 5.13. The molecule has 2 atom stereocenters. The highest BCUT2D eigenvalue weighted by molar-refractivity contribution is 5.96. The number of benzene rings is 1. The topological polar surface area (TPSA) is 79.5 Å². The molecule has 3 rings (SSSR count). The summed E-state index contributed by atoms with van der Waals surface area (Å²) in [5.41, 5.74) is 0.682. The van der Waals surface area contributed by atoms with Crippen LogP contribution in [0.2, 0.25) is 0 Å². The highest BCUT2D eigenvalue weighted by Crippen LogP contribution is 2.39. The molecule has 6 nitrogen and oxygen atoms in total. The van der Waals surface area contributed by atoms with Crippen LogP contribution in [0.25, 0.3) is 0 Å². The second kappa shape index (κ2) is 7.87. The number of urea groups is 1. The normalized spacial score (nSPS) is 23.0. The van der Waals surface area contributed by atoms with Crippen LogP contribution in [0.1, 0.15) is 45.4 Å². The summed E-state index contributed by atoms with van der Waals surface area (Å²) < 4.78 is 5.99. The molecule has 1 spiro atoms. The fraction of sp³-hybridized carbons (Fsp3) is 0.579. The van der Waals surface area contributed by atoms with E-state index >= 15 is 0 Å². The number of carbonyl (C=O) groups excluding carboxylic acids is 2. The fourth-order valence-electron chi connectivity index (χ4n) is 3.78. The van der Waals surface area contributed by atoms with Gasteiger partial charge in [0.15, 0.2) is 0 Å². The Hall–Kier alpha value is -2.08. The van der Waals surface area contributed by atoms with Gasteiger partial charge in [-0.3, -0.25) is 4.79 Å². The second-order valence-corrected chi connectivity index (χ2v) is 7.12. The molecule has 3 N–H and O–H groups in total. The van der Waals surface area contributed by atoms with Gasteiger partial charge in [-0.2, -0.15) is 0 Å². The predicted octanol–water partition coefficient (Wildman–Crippen LogP) is 2.80. The van der Waals surface area contributed by atoms with Crippen molar-refractivity contribution in [3.63, 3.8) is 0 Å². The molecular formula is C19H27N3O3. The van der Waals surface area contributed by atoms with E-state index in [1.54, 1.807) is 6.92 Å². The number of rotatable bonds is 4. The van der Waals surface area contributed by atoms with Crippen LogP contribution in [-0.4, -0.2) is 36.2 Å². The zero-order chi connectivity index (χ0) is 17.7. The van der Waals surface area contributed by atoms with E-state index in [4.69, 9.17) is 4.74 Å². The first kappa shape index (κ1) is 17.7. The summed E-state index contributed by atoms with van der Waals surface area (Å²) in [7, 11) is 0. The maximum absolute atomic E-state index is 12.2. The van der Waals surface area contributed by atoms with Crippen molar-refractivity contribution >= 4 is 17.6 Å². The average molecular weight is 345 g/mol. The van der Waals surface area contributed by atoms with Gasteiger partial charge in [-0.1, -0.05) is 31.0 Å². The molecule has 0 bridgehead atoms. The minimum absolute atomic E-state index is 0.0352. The summed E-state index contributed by atoms with van der Waals surface area (Å²) in [6, 6.07) is 8.42. The number of anilines is 1. The Morgan fingerprint density at radius 1 is 1.20 bits per heavy atom. The summed E-state index contributed by atoms with van der Waals surface area (Å²) in [6.07, 6.45) is 6.27. The van der Waals surface area contributed by atoms with Gasteiger partial charge in [0.1, 0.15) is 6.04 Å². The van der Waals surface area contributed by atoms with Gasteiger partial charge in [0.25, 0.3) is 0 Å². The van der Waals surface area contributed by atoms with E-state index in [0.717, 1.165) is 25.7 Å². The number of para-hydroxylation sites is 1. The molecule has 1 heterocycles. The first-order chi connectivity index (χ1) is 12.1. The van der Waals surface area contributed by atoms with Crippen LogP contribution in [0.15, 0.2) is 30.3 Å². The van der Waals surface area contributed by atoms with E-state index in [9.17, 15) is 9.59 Å². The molecule has 1 saturated heterocycles. The van der Waals surface area contributed by atoms with E-state index in [1.165, 1.54) is 12.8 Å². The summed E-state index contributed by atoms with van der Waals surface area (Å²) >= 11 is 0. The van der Waals surface area contributed by atoms with Crippen molar-refractivity contribution in [1.82, 2.24) is 10.6 Å². The van der Waals surface area contributed by atoms with Gasteiger partial charge >= 0.3 is 6.03 Å². The number of amides is 3. The van der Waals surface area contributed by atoms with E-state index in [2.05, 4.69) is 16.0 Å². The van der Waals surface area contributed by atoms with Gasteiger partial charge in [0.2, 0.25) is 5.91 Å². The van der Waals surface area contributed by atoms with Gasteiger partial charge in [0.05, 0.1) is 5.60 Å². The molecule has 1 aromatic carbocycles. The molecule has 25 heavy (non-hydrogen) atoms. The van der Waals surface area contributed by atoms with Gasteiger partial charge < -0.3 is 20.7 Å². The smallest absolute Gasteiger partial charge is 0.315 e. The number of hydrogen-bond acceptors (Lipinski definition) is 3. The van der Waals surface area contributed by atoms with Crippen LogP contribution in [-0.2, 0) is 9.53 Å². The Bertz CT molecular complexity index is 599. The van der Waals surface area contributed by atoms with Gasteiger partial charge in [-0.15, -0.1) is 0 Å². The molecule has 1 saturated carbocycles. The van der Waals surface area contributed by atoms with E-state index in [1.807, 2.05) is 30.3 Å². The lowest BCUT2D eigenvalue weighted by Gasteiger charge is -2.38. The molecule has 2 aliphatic rings. The number of ether oxygens (including phenoxy) is 1. The van der Waals surface area contributed by atoms with Crippen LogP contribution in [0, 0.1) is 0 Å². The highest BCUT2D eigenvalue weighted by Gasteiger charge is 2.40. The Morgan fingerprint density at radius 2 is 1.92 bits per heavy atom. The lowest BCUT2D eigenvalue weighted by atomic mass is 9.89. The lowest BCUT2D eigenvalue weighted by Crippen LogP contribution is -2.53. The molecule has 3 amide bonds. The number of hydrogen-bond donors (Lipinski definition) is 3. The molecule has 1 aliphatic carbocycles. The first-order valence-electron chi connectivity index (χ1n) is 9.13. The fourth-order valence-corrected chi connectivity index (χ4v) is 3.78. The maximum atomic E-state index is 12.2. The monoisotopic (exact) mass is 345 g/mol. The quantitative estimate of drug-likeness (QED) is 0.785. The molecule has 6 heteroatoms. The van der Waals surface area contributed by atoms with Crippen molar-refractivity contribution in [2.45, 2.75) is 63.1 Å². The SMILES string of the molecule is C[C@H](NC(=O)N[C@H]1CCOC2(CCCC2)C1)C(=O)Nc1ccccc1. The first-order valence-corrected chi connectivity index (χ1v) is 9.13. The third-order valence-corrected chi connectivity index (χ3v) is 5.13. The van der Waals surface area contributed by atoms with E-state index in [0.29, 0.717) is 12.3 Å². The van der Waals surface area contributed by atoms with Gasteiger partial charge in [-0.25, -0.2) is 4.79 Å². The van der Waals surface area contributed by atoms with Crippen LogP contribution >= 0.6 is 0 Å². The Balaban J connectivity index is 1.46. The van der Waals surface area contributed by atoms with Crippen molar-refractivity contribution in [3.05, 3.63) is 30.3 Å². The second-order valence-electron chi connectivity index (χ2n) is 7.12. The molecular weight excluding hydrogens is 318 g/mol. The molecule has 136 valence electrons. The van der Waals surface area contributed by atoms with Crippen LogP contribution in [0.3, 0.4) is 0 Å². The Morgan fingerprint density at radius 3 is 2.64 bits per heavy atom. The molecule has 0 radical (unpaired) electrons. The summed E-state index contributed by atoms with van der Waals surface area (Å²) in [5.74, 6) is -0.236. The number of nitrogens with one attached hydrogen (secondary N) is 3.